The van der Waals surface area contributed by atoms with Gasteiger partial charge >= 0.3 is 0 Å². The van der Waals surface area contributed by atoms with Gasteiger partial charge in [-0.25, -0.2) is 4.98 Å². The summed E-state index contributed by atoms with van der Waals surface area (Å²) in [6.07, 6.45) is 3.91. The molecule has 4 aromatic rings. The molecular formula is C24H25N5O. The molecule has 1 aliphatic rings. The maximum Gasteiger partial charge on any atom is 0.229 e. The van der Waals surface area contributed by atoms with Crippen LogP contribution in [0.1, 0.15) is 11.1 Å². The van der Waals surface area contributed by atoms with E-state index in [2.05, 4.69) is 76.1 Å². The minimum atomic E-state index is 0.593. The Bertz CT molecular complexity index is 1180. The molecule has 6 heteroatoms. The van der Waals surface area contributed by atoms with Gasteiger partial charge in [0.15, 0.2) is 0 Å². The SMILES string of the molecule is Cc1ccc(Nc2ncc3ccn(-c4ccc(N5CCOCC5)cc4)c3n2)cc1C. The second-order valence-corrected chi connectivity index (χ2v) is 7.70. The van der Waals surface area contributed by atoms with E-state index in [9.17, 15) is 0 Å². The molecule has 0 saturated carbocycles. The number of anilines is 3. The number of ether oxygens (including phenoxy) is 1. The minimum Gasteiger partial charge on any atom is -0.378 e. The largest absolute Gasteiger partial charge is 0.378 e. The summed E-state index contributed by atoms with van der Waals surface area (Å²) in [6, 6.07) is 16.9. The number of nitrogens with one attached hydrogen (secondary N) is 1. The van der Waals surface area contributed by atoms with Crippen molar-refractivity contribution in [2.45, 2.75) is 13.8 Å². The Kier molecular flexibility index (Phi) is 4.85. The summed E-state index contributed by atoms with van der Waals surface area (Å²) in [7, 11) is 0. The summed E-state index contributed by atoms with van der Waals surface area (Å²) in [5.41, 5.74) is 6.69. The molecule has 0 aliphatic carbocycles. The number of rotatable bonds is 4. The third-order valence-electron chi connectivity index (χ3n) is 5.69. The van der Waals surface area contributed by atoms with Crippen molar-refractivity contribution >= 4 is 28.4 Å². The normalized spacial score (nSPS) is 14.3. The monoisotopic (exact) mass is 399 g/mol. The molecule has 3 heterocycles. The maximum atomic E-state index is 5.45. The highest BCUT2D eigenvalue weighted by molar-refractivity contribution is 5.79. The molecule has 0 unspecified atom stereocenters. The summed E-state index contributed by atoms with van der Waals surface area (Å²) in [4.78, 5) is 11.6. The number of nitrogens with zero attached hydrogens (tertiary/aromatic N) is 4. The van der Waals surface area contributed by atoms with Crippen LogP contribution in [0, 0.1) is 13.8 Å². The molecule has 30 heavy (non-hydrogen) atoms. The lowest BCUT2D eigenvalue weighted by Gasteiger charge is -2.28. The lowest BCUT2D eigenvalue weighted by molar-refractivity contribution is 0.122. The Morgan fingerprint density at radius 1 is 0.900 bits per heavy atom. The molecule has 0 spiro atoms. The molecule has 0 atom stereocenters. The quantitative estimate of drug-likeness (QED) is 0.543. The van der Waals surface area contributed by atoms with E-state index in [1.807, 2.05) is 18.5 Å². The number of hydrogen-bond donors (Lipinski definition) is 1. The number of benzene rings is 2. The standard InChI is InChI=1S/C24H25N5O/c1-17-3-4-20(15-18(17)2)26-24-25-16-19-9-10-29(23(19)27-24)22-7-5-21(6-8-22)28-11-13-30-14-12-28/h3-10,15-16H,11-14H2,1-2H3,(H,25,26,27). The first-order valence-corrected chi connectivity index (χ1v) is 10.3. The van der Waals surface area contributed by atoms with Gasteiger partial charge in [-0.2, -0.15) is 4.98 Å². The van der Waals surface area contributed by atoms with Gasteiger partial charge in [-0.15, -0.1) is 0 Å². The van der Waals surface area contributed by atoms with Crippen LogP contribution in [0.3, 0.4) is 0 Å². The van der Waals surface area contributed by atoms with E-state index in [-0.39, 0.29) is 0 Å². The third-order valence-corrected chi connectivity index (χ3v) is 5.69. The van der Waals surface area contributed by atoms with Crippen LogP contribution < -0.4 is 10.2 Å². The fourth-order valence-corrected chi connectivity index (χ4v) is 3.78. The van der Waals surface area contributed by atoms with Crippen LogP contribution in [0.25, 0.3) is 16.7 Å². The Hall–Kier alpha value is -3.38. The molecule has 2 aromatic heterocycles. The van der Waals surface area contributed by atoms with Crippen molar-refractivity contribution in [3.8, 4) is 5.69 Å². The van der Waals surface area contributed by atoms with E-state index in [4.69, 9.17) is 9.72 Å². The summed E-state index contributed by atoms with van der Waals surface area (Å²) < 4.78 is 7.56. The van der Waals surface area contributed by atoms with Crippen LogP contribution in [0.15, 0.2) is 60.9 Å². The number of morpholine rings is 1. The van der Waals surface area contributed by atoms with E-state index in [0.717, 1.165) is 48.7 Å². The molecule has 1 N–H and O–H groups in total. The fraction of sp³-hybridized carbons (Fsp3) is 0.250. The van der Waals surface area contributed by atoms with E-state index in [1.54, 1.807) is 0 Å². The molecule has 1 aliphatic heterocycles. The predicted molar refractivity (Wildman–Crippen MR) is 121 cm³/mol. The first kappa shape index (κ1) is 18.6. The van der Waals surface area contributed by atoms with E-state index >= 15 is 0 Å². The number of hydrogen-bond acceptors (Lipinski definition) is 5. The first-order valence-electron chi connectivity index (χ1n) is 10.3. The topological polar surface area (TPSA) is 55.2 Å². The second kappa shape index (κ2) is 7.80. The Morgan fingerprint density at radius 3 is 2.43 bits per heavy atom. The predicted octanol–water partition coefficient (Wildman–Crippen LogP) is 4.62. The summed E-state index contributed by atoms with van der Waals surface area (Å²) in [5, 5.41) is 4.34. The zero-order valence-corrected chi connectivity index (χ0v) is 17.3. The van der Waals surface area contributed by atoms with Crippen molar-refractivity contribution in [2.24, 2.45) is 0 Å². The summed E-state index contributed by atoms with van der Waals surface area (Å²) in [6.45, 7) is 7.67. The number of aromatic nitrogens is 3. The van der Waals surface area contributed by atoms with Crippen molar-refractivity contribution < 1.29 is 4.74 Å². The highest BCUT2D eigenvalue weighted by Crippen LogP contribution is 2.24. The van der Waals surface area contributed by atoms with Crippen molar-refractivity contribution in [1.29, 1.82) is 0 Å². The molecule has 2 aromatic carbocycles. The number of fused-ring (bicyclic) bond motifs is 1. The smallest absolute Gasteiger partial charge is 0.229 e. The van der Waals surface area contributed by atoms with Crippen LogP contribution in [-0.4, -0.2) is 40.8 Å². The van der Waals surface area contributed by atoms with E-state index < -0.39 is 0 Å². The van der Waals surface area contributed by atoms with Crippen LogP contribution in [-0.2, 0) is 4.74 Å². The zero-order chi connectivity index (χ0) is 20.5. The molecule has 0 amide bonds. The fourth-order valence-electron chi connectivity index (χ4n) is 3.78. The first-order chi connectivity index (χ1) is 14.7. The van der Waals surface area contributed by atoms with Crippen molar-refractivity contribution in [3.63, 3.8) is 0 Å². The molecule has 1 saturated heterocycles. The second-order valence-electron chi connectivity index (χ2n) is 7.70. The van der Waals surface area contributed by atoms with Crippen LogP contribution in [0.2, 0.25) is 0 Å². The van der Waals surface area contributed by atoms with Gasteiger partial charge in [0.25, 0.3) is 0 Å². The Balaban J connectivity index is 1.43. The maximum absolute atomic E-state index is 5.45. The van der Waals surface area contributed by atoms with Gasteiger partial charge in [0, 0.05) is 47.9 Å². The molecular weight excluding hydrogens is 374 g/mol. The summed E-state index contributed by atoms with van der Waals surface area (Å²) in [5.74, 6) is 0.593. The average Bonchev–Trinajstić information content (AvgIpc) is 3.20. The summed E-state index contributed by atoms with van der Waals surface area (Å²) >= 11 is 0. The highest BCUT2D eigenvalue weighted by Gasteiger charge is 2.12. The molecule has 1 fully saturated rings. The highest BCUT2D eigenvalue weighted by atomic mass is 16.5. The average molecular weight is 399 g/mol. The lowest BCUT2D eigenvalue weighted by Crippen LogP contribution is -2.36. The van der Waals surface area contributed by atoms with Gasteiger partial charge in [0.1, 0.15) is 5.65 Å². The van der Waals surface area contributed by atoms with Gasteiger partial charge in [-0.05, 0) is 67.4 Å². The third kappa shape index (κ3) is 3.62. The zero-order valence-electron chi connectivity index (χ0n) is 17.3. The molecule has 5 rings (SSSR count). The van der Waals surface area contributed by atoms with Crippen LogP contribution >= 0.6 is 0 Å². The Labute approximate surface area is 176 Å². The molecule has 6 nitrogen and oxygen atoms in total. The molecule has 152 valence electrons. The Morgan fingerprint density at radius 2 is 1.67 bits per heavy atom. The van der Waals surface area contributed by atoms with Gasteiger partial charge in [-0.3, -0.25) is 0 Å². The minimum absolute atomic E-state index is 0.593. The van der Waals surface area contributed by atoms with Crippen LogP contribution in [0.4, 0.5) is 17.3 Å². The van der Waals surface area contributed by atoms with Gasteiger partial charge < -0.3 is 19.5 Å². The van der Waals surface area contributed by atoms with Gasteiger partial charge in [0.05, 0.1) is 13.2 Å². The lowest BCUT2D eigenvalue weighted by atomic mass is 10.1. The molecule has 0 bridgehead atoms. The number of aryl methyl sites for hydroxylation is 2. The van der Waals surface area contributed by atoms with E-state index in [0.29, 0.717) is 5.95 Å². The van der Waals surface area contributed by atoms with Gasteiger partial charge in [-0.1, -0.05) is 6.07 Å². The van der Waals surface area contributed by atoms with Crippen molar-refractivity contribution in [3.05, 3.63) is 72.1 Å². The van der Waals surface area contributed by atoms with E-state index in [1.165, 1.54) is 16.8 Å². The van der Waals surface area contributed by atoms with Crippen molar-refractivity contribution in [1.82, 2.24) is 14.5 Å². The van der Waals surface area contributed by atoms with Crippen molar-refractivity contribution in [2.75, 3.05) is 36.5 Å². The van der Waals surface area contributed by atoms with Gasteiger partial charge in [0.2, 0.25) is 5.95 Å². The van der Waals surface area contributed by atoms with Crippen LogP contribution in [0.5, 0.6) is 0 Å². The molecule has 0 radical (unpaired) electrons.